The van der Waals surface area contributed by atoms with Crippen LogP contribution in [0.25, 0.3) is 0 Å². The minimum absolute atomic E-state index is 0.0439. The van der Waals surface area contributed by atoms with Gasteiger partial charge in [0.2, 0.25) is 5.91 Å². The molecule has 0 saturated heterocycles. The summed E-state index contributed by atoms with van der Waals surface area (Å²) in [6.07, 6.45) is 8.01. The van der Waals surface area contributed by atoms with Crippen molar-refractivity contribution in [3.8, 4) is 0 Å². The van der Waals surface area contributed by atoms with E-state index in [-0.39, 0.29) is 12.8 Å². The van der Waals surface area contributed by atoms with Crippen LogP contribution in [-0.2, 0) is 27.2 Å². The highest BCUT2D eigenvalue weighted by Gasteiger charge is 2.37. The molecular weight excluding hydrogens is 614 g/mol. The van der Waals surface area contributed by atoms with Gasteiger partial charge in [0, 0.05) is 47.2 Å². The van der Waals surface area contributed by atoms with Crippen LogP contribution in [0.3, 0.4) is 0 Å². The number of hydrogen-bond donors (Lipinski definition) is 4. The second-order valence-electron chi connectivity index (χ2n) is 13.3. The summed E-state index contributed by atoms with van der Waals surface area (Å²) in [4.78, 5) is 62.3. The minimum atomic E-state index is -1.31. The normalized spacial score (nSPS) is 15.9. The van der Waals surface area contributed by atoms with Crippen molar-refractivity contribution in [3.05, 3.63) is 54.1 Å². The van der Waals surface area contributed by atoms with E-state index in [1.807, 2.05) is 30.3 Å². The number of H-pyrrole nitrogens is 1. The molecule has 4 atom stereocenters. The number of hydrogen-bond acceptors (Lipinski definition) is 7. The smallest absolute Gasteiger partial charge is 0.429 e. The molecule has 266 valence electrons. The van der Waals surface area contributed by atoms with Gasteiger partial charge < -0.3 is 30.4 Å². The number of aliphatic hydroxyl groups excluding tert-OH is 1. The number of rotatable bonds is 15. The first-order valence-corrected chi connectivity index (χ1v) is 17.1. The number of benzene rings is 1. The Labute approximate surface area is 284 Å². The molecule has 4 N–H and O–H groups in total. The number of ether oxygens (including phenoxy) is 1. The average molecular weight is 670 g/mol. The Kier molecular flexibility index (Phi) is 15.2. The van der Waals surface area contributed by atoms with Crippen molar-refractivity contribution in [3.63, 3.8) is 0 Å². The maximum Gasteiger partial charge on any atom is 0.429 e. The summed E-state index contributed by atoms with van der Waals surface area (Å²) < 4.78 is 5.73. The number of carbonyl (C=O) groups excluding carboxylic acids is 4. The average Bonchev–Trinajstić information content (AvgIpc) is 3.61. The van der Waals surface area contributed by atoms with E-state index in [9.17, 15) is 24.3 Å². The van der Waals surface area contributed by atoms with Gasteiger partial charge in [0.25, 0.3) is 5.91 Å². The van der Waals surface area contributed by atoms with Crippen LogP contribution in [0.1, 0.15) is 76.5 Å². The molecule has 1 aromatic carbocycles. The first kappa shape index (κ1) is 38.3. The molecule has 1 heterocycles. The molecule has 0 spiro atoms. The van der Waals surface area contributed by atoms with Gasteiger partial charge in [-0.15, -0.1) is 0 Å². The standard InChI is InChI=1S/C35H55N7O6/c1-24(2)17-18-30(43)28(19-25-13-9-7-10-14-25)39-32(44)29(21-27-22-37-23-38-27)40(4)33(45)31(20-26-15-11-8-12-16-26)48-35(47)42(6)41(5)34(46)36-3/h8,11-12,15-16,22-25,28-31,43H,7,9-10,13-14,17-21H2,1-6H3,(H,36,46)(H,37,38)(H,39,44)/t28?,29-,30?,31?/m0/s1. The van der Waals surface area contributed by atoms with Gasteiger partial charge in [-0.05, 0) is 36.7 Å². The van der Waals surface area contributed by atoms with Gasteiger partial charge in [-0.3, -0.25) is 9.59 Å². The van der Waals surface area contributed by atoms with Crippen LogP contribution in [-0.4, -0.2) is 106 Å². The van der Waals surface area contributed by atoms with E-state index in [0.29, 0.717) is 30.4 Å². The van der Waals surface area contributed by atoms with E-state index in [2.05, 4.69) is 34.4 Å². The molecule has 1 saturated carbocycles. The van der Waals surface area contributed by atoms with Gasteiger partial charge in [-0.1, -0.05) is 76.3 Å². The van der Waals surface area contributed by atoms with Crippen LogP contribution in [0.2, 0.25) is 0 Å². The van der Waals surface area contributed by atoms with Crippen molar-refractivity contribution in [2.45, 2.75) is 102 Å². The van der Waals surface area contributed by atoms with Gasteiger partial charge in [0.05, 0.1) is 24.2 Å². The van der Waals surface area contributed by atoms with E-state index in [4.69, 9.17) is 4.74 Å². The molecule has 48 heavy (non-hydrogen) atoms. The summed E-state index contributed by atoms with van der Waals surface area (Å²) in [5.74, 6) is -0.203. The zero-order valence-electron chi connectivity index (χ0n) is 29.4. The number of urea groups is 1. The second kappa shape index (κ2) is 19.0. The third-order valence-corrected chi connectivity index (χ3v) is 9.22. The first-order chi connectivity index (χ1) is 22.9. The Bertz CT molecular complexity index is 1290. The van der Waals surface area contributed by atoms with Crippen LogP contribution in [0.15, 0.2) is 42.9 Å². The molecule has 2 aromatic rings. The van der Waals surface area contributed by atoms with Crippen molar-refractivity contribution < 1.29 is 29.0 Å². The van der Waals surface area contributed by atoms with Crippen LogP contribution >= 0.6 is 0 Å². The lowest BCUT2D eigenvalue weighted by Gasteiger charge is -2.35. The summed E-state index contributed by atoms with van der Waals surface area (Å²) in [7, 11) is 5.69. The fraction of sp³-hybridized carbons (Fsp3) is 0.629. The number of nitrogens with zero attached hydrogens (tertiary/aromatic N) is 4. The Morgan fingerprint density at radius 1 is 1.00 bits per heavy atom. The molecule has 5 amide bonds. The van der Waals surface area contributed by atoms with E-state index in [0.717, 1.165) is 47.7 Å². The molecule has 1 fully saturated rings. The molecule has 0 radical (unpaired) electrons. The molecule has 3 unspecified atom stereocenters. The van der Waals surface area contributed by atoms with Gasteiger partial charge in [0.1, 0.15) is 6.04 Å². The largest absolute Gasteiger partial charge is 0.434 e. The fourth-order valence-corrected chi connectivity index (χ4v) is 6.09. The number of hydrazine groups is 1. The lowest BCUT2D eigenvalue weighted by Crippen LogP contribution is -2.56. The summed E-state index contributed by atoms with van der Waals surface area (Å²) in [6, 6.07) is 7.07. The van der Waals surface area contributed by atoms with Crippen LogP contribution in [0, 0.1) is 11.8 Å². The molecule has 1 aromatic heterocycles. The van der Waals surface area contributed by atoms with Crippen molar-refractivity contribution in [2.24, 2.45) is 11.8 Å². The predicted molar refractivity (Wildman–Crippen MR) is 182 cm³/mol. The maximum atomic E-state index is 14.2. The minimum Gasteiger partial charge on any atom is -0.434 e. The van der Waals surface area contributed by atoms with E-state index >= 15 is 0 Å². The summed E-state index contributed by atoms with van der Waals surface area (Å²) >= 11 is 0. The molecule has 13 nitrogen and oxygen atoms in total. The first-order valence-electron chi connectivity index (χ1n) is 17.1. The third kappa shape index (κ3) is 11.5. The Balaban J connectivity index is 1.89. The monoisotopic (exact) mass is 669 g/mol. The van der Waals surface area contributed by atoms with E-state index in [1.165, 1.54) is 45.8 Å². The predicted octanol–water partition coefficient (Wildman–Crippen LogP) is 3.90. The number of carbonyl (C=O) groups is 4. The van der Waals surface area contributed by atoms with Crippen molar-refractivity contribution in [2.75, 3.05) is 28.2 Å². The van der Waals surface area contributed by atoms with Crippen LogP contribution in [0.4, 0.5) is 9.59 Å². The molecular formula is C35H55N7O6. The summed E-state index contributed by atoms with van der Waals surface area (Å²) in [5, 5.41) is 18.9. The third-order valence-electron chi connectivity index (χ3n) is 9.22. The van der Waals surface area contributed by atoms with Crippen molar-refractivity contribution >= 4 is 23.9 Å². The number of aliphatic hydroxyl groups is 1. The molecule has 1 aliphatic rings. The number of aromatic amines is 1. The Morgan fingerprint density at radius 3 is 2.29 bits per heavy atom. The Morgan fingerprint density at radius 2 is 1.69 bits per heavy atom. The molecule has 1 aliphatic carbocycles. The lowest BCUT2D eigenvalue weighted by atomic mass is 9.83. The quantitative estimate of drug-likeness (QED) is 0.209. The lowest BCUT2D eigenvalue weighted by molar-refractivity contribution is -0.147. The SMILES string of the molecule is CNC(=O)N(C)N(C)C(=O)OC(Cc1ccccc1)C(=O)N(C)[C@@H](Cc1c[nH]cn1)C(=O)NC(CC1CCCCC1)C(O)CCC(C)C. The number of aromatic nitrogens is 2. The highest BCUT2D eigenvalue weighted by Crippen LogP contribution is 2.29. The topological polar surface area (TPSA) is 160 Å². The second-order valence-corrected chi connectivity index (χ2v) is 13.3. The van der Waals surface area contributed by atoms with Gasteiger partial charge in [-0.25, -0.2) is 24.6 Å². The van der Waals surface area contributed by atoms with Gasteiger partial charge >= 0.3 is 12.1 Å². The molecule has 13 heteroatoms. The van der Waals surface area contributed by atoms with E-state index in [1.54, 1.807) is 6.20 Å². The summed E-state index contributed by atoms with van der Waals surface area (Å²) in [5.41, 5.74) is 1.32. The zero-order valence-corrected chi connectivity index (χ0v) is 29.4. The molecule has 0 aliphatic heterocycles. The fourth-order valence-electron chi connectivity index (χ4n) is 6.09. The van der Waals surface area contributed by atoms with Crippen molar-refractivity contribution in [1.29, 1.82) is 0 Å². The van der Waals surface area contributed by atoms with Gasteiger partial charge in [0.15, 0.2) is 6.10 Å². The number of likely N-dealkylation sites (N-methyl/N-ethyl adjacent to an activating group) is 1. The van der Waals surface area contributed by atoms with Gasteiger partial charge in [-0.2, -0.15) is 0 Å². The maximum absolute atomic E-state index is 14.2. The van der Waals surface area contributed by atoms with Crippen LogP contribution in [0.5, 0.6) is 0 Å². The molecule has 0 bridgehead atoms. The number of amides is 5. The van der Waals surface area contributed by atoms with Crippen LogP contribution < -0.4 is 10.6 Å². The van der Waals surface area contributed by atoms with E-state index < -0.39 is 48.2 Å². The van der Waals surface area contributed by atoms with Crippen molar-refractivity contribution in [1.82, 2.24) is 35.5 Å². The highest BCUT2D eigenvalue weighted by molar-refractivity contribution is 5.90. The molecule has 3 rings (SSSR count). The summed E-state index contributed by atoms with van der Waals surface area (Å²) in [6.45, 7) is 4.21. The number of nitrogens with one attached hydrogen (secondary N) is 3. The Hall–Kier alpha value is -4.13. The highest BCUT2D eigenvalue weighted by atomic mass is 16.6. The zero-order chi connectivity index (χ0) is 35.2. The number of imidazole rings is 1.